The summed E-state index contributed by atoms with van der Waals surface area (Å²) in [4.78, 5) is 47.9. The Morgan fingerprint density at radius 1 is 1.00 bits per heavy atom. The van der Waals surface area contributed by atoms with Crippen molar-refractivity contribution < 1.29 is 19.1 Å². The van der Waals surface area contributed by atoms with E-state index in [0.717, 1.165) is 37.7 Å². The van der Waals surface area contributed by atoms with E-state index in [4.69, 9.17) is 14.5 Å². The molecular formula is C35H37N5O5S. The third-order valence-electron chi connectivity index (χ3n) is 8.51. The standard InChI is InChI=1S/C35H37N5O5S/c1-35(2,3)45-34(43)39-13-5-7-22(21-39)33(42)36-23-11-12-28-27(19-23)25-9-4-8-24(31(25)46-28)26-10-6-14-40-30(41)20-29(37-32(26)40)38-15-17-44-18-16-38/h4,6,8-12,14,19-20,22H,5,7,13,15-18,21H2,1-3H3,(H,36,42)/t22-/m0/s1. The molecule has 3 aromatic heterocycles. The Balaban J connectivity index is 1.19. The summed E-state index contributed by atoms with van der Waals surface area (Å²) in [6.45, 7) is 9.05. The number of nitrogens with one attached hydrogen (secondary N) is 1. The number of benzene rings is 2. The molecule has 2 fully saturated rings. The quantitative estimate of drug-likeness (QED) is 0.251. The number of aromatic nitrogens is 2. The maximum absolute atomic E-state index is 13.4. The molecule has 2 saturated heterocycles. The summed E-state index contributed by atoms with van der Waals surface area (Å²) in [5.41, 5.74) is 2.50. The van der Waals surface area contributed by atoms with E-state index >= 15 is 0 Å². The second kappa shape index (κ2) is 12.0. The molecule has 2 aromatic carbocycles. The average Bonchev–Trinajstić information content (AvgIpc) is 3.42. The largest absolute Gasteiger partial charge is 0.444 e. The molecule has 0 saturated carbocycles. The Kier molecular flexibility index (Phi) is 7.90. The van der Waals surface area contributed by atoms with Crippen molar-refractivity contribution in [3.63, 3.8) is 0 Å². The minimum absolute atomic E-state index is 0.101. The molecule has 5 heterocycles. The highest BCUT2D eigenvalue weighted by atomic mass is 32.1. The van der Waals surface area contributed by atoms with Crippen LogP contribution in [0.15, 0.2) is 65.6 Å². The van der Waals surface area contributed by atoms with Crippen LogP contribution in [0.5, 0.6) is 0 Å². The summed E-state index contributed by atoms with van der Waals surface area (Å²) < 4.78 is 14.8. The smallest absolute Gasteiger partial charge is 0.410 e. The van der Waals surface area contributed by atoms with Crippen LogP contribution in [-0.4, -0.2) is 71.3 Å². The number of carbonyl (C=O) groups excluding carboxylic acids is 2. The van der Waals surface area contributed by atoms with Gasteiger partial charge in [-0.3, -0.25) is 14.0 Å². The third kappa shape index (κ3) is 5.92. The van der Waals surface area contributed by atoms with Gasteiger partial charge < -0.3 is 24.6 Å². The number of pyridine rings is 1. The van der Waals surface area contributed by atoms with E-state index in [2.05, 4.69) is 22.3 Å². The van der Waals surface area contributed by atoms with E-state index < -0.39 is 5.60 Å². The molecule has 11 heteroatoms. The van der Waals surface area contributed by atoms with Gasteiger partial charge in [0.15, 0.2) is 0 Å². The van der Waals surface area contributed by atoms with Crippen LogP contribution in [0.2, 0.25) is 0 Å². The number of anilines is 2. The molecule has 0 bridgehead atoms. The number of ether oxygens (including phenoxy) is 2. The molecule has 2 aliphatic rings. The van der Waals surface area contributed by atoms with E-state index in [1.165, 1.54) is 0 Å². The Hall–Kier alpha value is -4.48. The number of nitrogens with zero attached hydrogens (tertiary/aromatic N) is 4. The molecule has 5 aromatic rings. The number of piperidine rings is 1. The first-order chi connectivity index (χ1) is 22.1. The van der Waals surface area contributed by atoms with Crippen LogP contribution in [0, 0.1) is 5.92 Å². The van der Waals surface area contributed by atoms with Crippen LogP contribution >= 0.6 is 11.3 Å². The maximum atomic E-state index is 13.4. The van der Waals surface area contributed by atoms with Gasteiger partial charge in [0.25, 0.3) is 5.56 Å². The van der Waals surface area contributed by atoms with Gasteiger partial charge >= 0.3 is 6.09 Å². The van der Waals surface area contributed by atoms with Gasteiger partial charge in [-0.05, 0) is 63.9 Å². The van der Waals surface area contributed by atoms with Crippen molar-refractivity contribution in [2.75, 3.05) is 49.6 Å². The predicted octanol–water partition coefficient (Wildman–Crippen LogP) is 6.15. The highest BCUT2D eigenvalue weighted by Crippen LogP contribution is 2.41. The number of hydrogen-bond acceptors (Lipinski definition) is 8. The van der Waals surface area contributed by atoms with Crippen LogP contribution in [0.1, 0.15) is 33.6 Å². The summed E-state index contributed by atoms with van der Waals surface area (Å²) >= 11 is 1.68. The van der Waals surface area contributed by atoms with Crippen LogP contribution in [0.4, 0.5) is 16.3 Å². The molecule has 1 atom stereocenters. The third-order valence-corrected chi connectivity index (χ3v) is 9.73. The van der Waals surface area contributed by atoms with Gasteiger partial charge in [-0.2, -0.15) is 0 Å². The number of carbonyl (C=O) groups is 2. The Labute approximate surface area is 270 Å². The molecule has 0 radical (unpaired) electrons. The van der Waals surface area contributed by atoms with E-state index in [-0.39, 0.29) is 23.5 Å². The molecule has 2 amide bonds. The summed E-state index contributed by atoms with van der Waals surface area (Å²) in [5.74, 6) is 0.250. The van der Waals surface area contributed by atoms with Crippen molar-refractivity contribution in [2.24, 2.45) is 5.92 Å². The van der Waals surface area contributed by atoms with Crippen LogP contribution in [0.25, 0.3) is 36.9 Å². The highest BCUT2D eigenvalue weighted by Gasteiger charge is 2.31. The van der Waals surface area contributed by atoms with Crippen LogP contribution in [-0.2, 0) is 14.3 Å². The minimum Gasteiger partial charge on any atom is -0.444 e. The van der Waals surface area contributed by atoms with Gasteiger partial charge in [0.05, 0.1) is 19.1 Å². The topological polar surface area (TPSA) is 105 Å². The first-order valence-electron chi connectivity index (χ1n) is 15.7. The minimum atomic E-state index is -0.585. The lowest BCUT2D eigenvalue weighted by Gasteiger charge is -2.33. The number of amides is 2. The fourth-order valence-corrected chi connectivity index (χ4v) is 7.50. The van der Waals surface area contributed by atoms with Gasteiger partial charge in [-0.25, -0.2) is 9.78 Å². The summed E-state index contributed by atoms with van der Waals surface area (Å²) in [6, 6.07) is 17.7. The van der Waals surface area contributed by atoms with Crippen molar-refractivity contribution in [1.29, 1.82) is 0 Å². The molecule has 10 nitrogen and oxygen atoms in total. The van der Waals surface area contributed by atoms with Crippen molar-refractivity contribution in [2.45, 2.75) is 39.2 Å². The number of fused-ring (bicyclic) bond motifs is 4. The first-order valence-corrected chi connectivity index (χ1v) is 16.6. The molecule has 2 aliphatic heterocycles. The molecular weight excluding hydrogens is 602 g/mol. The summed E-state index contributed by atoms with van der Waals surface area (Å²) in [5, 5.41) is 5.21. The van der Waals surface area contributed by atoms with E-state index in [1.54, 1.807) is 32.9 Å². The lowest BCUT2D eigenvalue weighted by Crippen LogP contribution is -2.45. The summed E-state index contributed by atoms with van der Waals surface area (Å²) in [6.07, 6.45) is 2.84. The van der Waals surface area contributed by atoms with Gasteiger partial charge in [-0.15, -0.1) is 11.3 Å². The predicted molar refractivity (Wildman–Crippen MR) is 182 cm³/mol. The molecule has 1 N–H and O–H groups in total. The zero-order valence-electron chi connectivity index (χ0n) is 26.2. The van der Waals surface area contributed by atoms with Crippen molar-refractivity contribution in [3.8, 4) is 11.1 Å². The number of hydrogen-bond donors (Lipinski definition) is 1. The van der Waals surface area contributed by atoms with Gasteiger partial charge in [0.2, 0.25) is 5.91 Å². The number of likely N-dealkylation sites (tertiary alicyclic amines) is 1. The maximum Gasteiger partial charge on any atom is 0.410 e. The van der Waals surface area contributed by atoms with Crippen LogP contribution in [0.3, 0.4) is 0 Å². The fraction of sp³-hybridized carbons (Fsp3) is 0.371. The Morgan fingerprint density at radius 2 is 1.80 bits per heavy atom. The monoisotopic (exact) mass is 639 g/mol. The normalized spacial score (nSPS) is 17.5. The van der Waals surface area contributed by atoms with Crippen LogP contribution < -0.4 is 15.8 Å². The SMILES string of the molecule is CC(C)(C)OC(=O)N1CCC[C@H](C(=O)Nc2ccc3sc4c(-c5cccn6c(=O)cc(N7CCOCC7)nc56)cccc4c3c2)C1. The lowest BCUT2D eigenvalue weighted by atomic mass is 9.97. The van der Waals surface area contributed by atoms with E-state index in [9.17, 15) is 14.4 Å². The van der Waals surface area contributed by atoms with Crippen molar-refractivity contribution in [1.82, 2.24) is 14.3 Å². The molecule has 7 rings (SSSR count). The van der Waals surface area contributed by atoms with Gasteiger partial charge in [-0.1, -0.05) is 18.2 Å². The van der Waals surface area contributed by atoms with Gasteiger partial charge in [0.1, 0.15) is 17.1 Å². The van der Waals surface area contributed by atoms with Crippen molar-refractivity contribution in [3.05, 3.63) is 71.1 Å². The zero-order chi connectivity index (χ0) is 32.0. The number of rotatable bonds is 4. The average molecular weight is 640 g/mol. The number of morpholine rings is 1. The Bertz CT molecular complexity index is 2020. The molecule has 46 heavy (non-hydrogen) atoms. The van der Waals surface area contributed by atoms with E-state index in [0.29, 0.717) is 63.0 Å². The fourth-order valence-electron chi connectivity index (χ4n) is 6.29. The molecule has 0 spiro atoms. The highest BCUT2D eigenvalue weighted by molar-refractivity contribution is 7.26. The van der Waals surface area contributed by atoms with Crippen molar-refractivity contribution >= 4 is 60.7 Å². The van der Waals surface area contributed by atoms with E-state index in [1.807, 2.05) is 57.2 Å². The lowest BCUT2D eigenvalue weighted by molar-refractivity contribution is -0.121. The Morgan fingerprint density at radius 3 is 2.61 bits per heavy atom. The van der Waals surface area contributed by atoms with Gasteiger partial charge in [0, 0.05) is 75.4 Å². The first kappa shape index (κ1) is 30.2. The summed E-state index contributed by atoms with van der Waals surface area (Å²) in [7, 11) is 0. The number of thiophene rings is 1. The second-order valence-electron chi connectivity index (χ2n) is 12.9. The zero-order valence-corrected chi connectivity index (χ0v) is 27.1. The molecule has 238 valence electrons. The molecule has 0 unspecified atom stereocenters. The second-order valence-corrected chi connectivity index (χ2v) is 14.0. The molecule has 0 aliphatic carbocycles.